The van der Waals surface area contributed by atoms with E-state index in [9.17, 15) is 14.4 Å². The molecule has 5 rings (SSSR count). The molecular weight excluding hydrogens is 428 g/mol. The summed E-state index contributed by atoms with van der Waals surface area (Å²) < 4.78 is 5.29. The van der Waals surface area contributed by atoms with E-state index in [0.717, 1.165) is 11.3 Å². The Hall–Kier alpha value is -3.38. The minimum Gasteiger partial charge on any atom is -0.497 e. The third-order valence-electron chi connectivity index (χ3n) is 6.49. The molecule has 2 aromatic carbocycles. The Bertz CT molecular complexity index is 1190. The Balaban J connectivity index is 1.66. The van der Waals surface area contributed by atoms with Crippen LogP contribution in [-0.4, -0.2) is 48.2 Å². The highest BCUT2D eigenvalue weighted by Gasteiger charge is 2.63. The molecule has 3 aliphatic rings. The summed E-state index contributed by atoms with van der Waals surface area (Å²) in [7, 11) is 1.53. The maximum atomic E-state index is 13.9. The second kappa shape index (κ2) is 7.64. The van der Waals surface area contributed by atoms with E-state index in [1.807, 2.05) is 29.2 Å². The number of imide groups is 1. The molecule has 0 radical (unpaired) electrons. The SMILES string of the molecule is C=CCN1C(=O)[C@@H]2[C@H](C1=O)[C@H](C(=O)c1cccc(OC)c1)N1c3ccc(Cl)cc3C=C[C@H]21. The minimum absolute atomic E-state index is 0.132. The molecule has 2 aromatic rings. The van der Waals surface area contributed by atoms with Crippen molar-refractivity contribution in [2.75, 3.05) is 18.6 Å². The van der Waals surface area contributed by atoms with Gasteiger partial charge in [0, 0.05) is 22.8 Å². The zero-order chi connectivity index (χ0) is 22.6. The number of nitrogens with zero attached hydrogens (tertiary/aromatic N) is 2. The molecule has 0 saturated carbocycles. The van der Waals surface area contributed by atoms with E-state index in [-0.39, 0.29) is 24.1 Å². The number of likely N-dealkylation sites (tertiary alicyclic amines) is 1. The second-order valence-electron chi connectivity index (χ2n) is 8.13. The molecule has 2 saturated heterocycles. The lowest BCUT2D eigenvalue weighted by atomic mass is 9.86. The fraction of sp³-hybridized carbons (Fsp3) is 0.240. The molecule has 6 nitrogen and oxygen atoms in total. The summed E-state index contributed by atoms with van der Waals surface area (Å²) in [6.45, 7) is 3.80. The van der Waals surface area contributed by atoms with Crippen LogP contribution in [0.4, 0.5) is 5.69 Å². The highest BCUT2D eigenvalue weighted by molar-refractivity contribution is 6.30. The lowest BCUT2D eigenvalue weighted by Gasteiger charge is -2.36. The first-order valence-corrected chi connectivity index (χ1v) is 10.7. The molecule has 32 heavy (non-hydrogen) atoms. The first kappa shape index (κ1) is 20.5. The van der Waals surface area contributed by atoms with Crippen molar-refractivity contribution in [3.8, 4) is 5.75 Å². The van der Waals surface area contributed by atoms with Crippen LogP contribution in [-0.2, 0) is 9.59 Å². The Morgan fingerprint density at radius 1 is 1.16 bits per heavy atom. The highest BCUT2D eigenvalue weighted by atomic mass is 35.5. The number of ether oxygens (including phenoxy) is 1. The van der Waals surface area contributed by atoms with Gasteiger partial charge < -0.3 is 9.64 Å². The van der Waals surface area contributed by atoms with Crippen LogP contribution in [0.3, 0.4) is 0 Å². The predicted octanol–water partition coefficient (Wildman–Crippen LogP) is 3.60. The number of benzene rings is 2. The molecule has 162 valence electrons. The van der Waals surface area contributed by atoms with Gasteiger partial charge in [0.1, 0.15) is 11.8 Å². The molecule has 2 fully saturated rings. The number of carbonyl (C=O) groups is 3. The standard InChI is InChI=1S/C25H21ClN2O4/c1-3-11-27-24(30)20-19-9-7-14-12-16(26)8-10-18(14)28(19)22(21(20)25(27)31)23(29)15-5-4-6-17(13-15)32-2/h3-10,12-13,19-22H,1,11H2,2H3/t19-,20+,21+,22-/m1/s1. The first-order chi connectivity index (χ1) is 15.5. The fourth-order valence-electron chi connectivity index (χ4n) is 5.16. The lowest BCUT2D eigenvalue weighted by Crippen LogP contribution is -2.48. The maximum absolute atomic E-state index is 13.9. The van der Waals surface area contributed by atoms with Crippen LogP contribution in [0.5, 0.6) is 5.75 Å². The number of halogens is 1. The third-order valence-corrected chi connectivity index (χ3v) is 6.73. The first-order valence-electron chi connectivity index (χ1n) is 10.4. The Labute approximate surface area is 190 Å². The van der Waals surface area contributed by atoms with Gasteiger partial charge in [-0.15, -0.1) is 6.58 Å². The van der Waals surface area contributed by atoms with Crippen LogP contribution >= 0.6 is 11.6 Å². The van der Waals surface area contributed by atoms with E-state index in [1.54, 1.807) is 30.3 Å². The summed E-state index contributed by atoms with van der Waals surface area (Å²) in [6, 6.07) is 11.1. The molecular formula is C25H21ClN2O4. The van der Waals surface area contributed by atoms with Crippen molar-refractivity contribution in [2.45, 2.75) is 12.1 Å². The molecule has 0 spiro atoms. The highest BCUT2D eigenvalue weighted by Crippen LogP contribution is 2.49. The summed E-state index contributed by atoms with van der Waals surface area (Å²) in [5.41, 5.74) is 2.06. The van der Waals surface area contributed by atoms with Gasteiger partial charge in [0.15, 0.2) is 5.78 Å². The van der Waals surface area contributed by atoms with Crippen LogP contribution in [0.25, 0.3) is 6.08 Å². The molecule has 2 amide bonds. The molecule has 3 heterocycles. The van der Waals surface area contributed by atoms with Crippen molar-refractivity contribution in [1.29, 1.82) is 0 Å². The van der Waals surface area contributed by atoms with E-state index in [0.29, 0.717) is 16.3 Å². The van der Waals surface area contributed by atoms with Gasteiger partial charge in [-0.1, -0.05) is 42.0 Å². The third kappa shape index (κ3) is 2.90. The van der Waals surface area contributed by atoms with Gasteiger partial charge in [0.05, 0.1) is 25.0 Å². The molecule has 0 unspecified atom stereocenters. The molecule has 3 aliphatic heterocycles. The molecule has 0 N–H and O–H groups in total. The van der Waals surface area contributed by atoms with Crippen LogP contribution in [0.2, 0.25) is 5.02 Å². The number of methoxy groups -OCH3 is 1. The van der Waals surface area contributed by atoms with Gasteiger partial charge in [0.25, 0.3) is 0 Å². The Morgan fingerprint density at radius 3 is 2.69 bits per heavy atom. The number of hydrogen-bond acceptors (Lipinski definition) is 5. The van der Waals surface area contributed by atoms with Gasteiger partial charge in [-0.2, -0.15) is 0 Å². The van der Waals surface area contributed by atoms with Crippen molar-refractivity contribution < 1.29 is 19.1 Å². The number of anilines is 1. The van der Waals surface area contributed by atoms with E-state index >= 15 is 0 Å². The van der Waals surface area contributed by atoms with Crippen molar-refractivity contribution in [3.05, 3.63) is 77.3 Å². The van der Waals surface area contributed by atoms with E-state index < -0.39 is 23.9 Å². The number of ketones is 1. The number of amides is 2. The van der Waals surface area contributed by atoms with Crippen molar-refractivity contribution >= 4 is 41.0 Å². The number of fused-ring (bicyclic) bond motifs is 5. The lowest BCUT2D eigenvalue weighted by molar-refractivity contribution is -0.139. The van der Waals surface area contributed by atoms with E-state index in [1.165, 1.54) is 18.1 Å². The number of carbonyl (C=O) groups excluding carboxylic acids is 3. The number of Topliss-reactive ketones (excluding diaryl/α,β-unsaturated/α-hetero) is 1. The average Bonchev–Trinajstić information content (AvgIpc) is 3.27. The topological polar surface area (TPSA) is 66.9 Å². The summed E-state index contributed by atoms with van der Waals surface area (Å²) in [4.78, 5) is 43.6. The van der Waals surface area contributed by atoms with E-state index in [4.69, 9.17) is 16.3 Å². The average molecular weight is 449 g/mol. The van der Waals surface area contributed by atoms with E-state index in [2.05, 4.69) is 6.58 Å². The predicted molar refractivity (Wildman–Crippen MR) is 122 cm³/mol. The normalized spacial score (nSPS) is 25.4. The Morgan fingerprint density at radius 2 is 1.94 bits per heavy atom. The zero-order valence-electron chi connectivity index (χ0n) is 17.4. The van der Waals surface area contributed by atoms with Crippen molar-refractivity contribution in [2.24, 2.45) is 11.8 Å². The van der Waals surface area contributed by atoms with Crippen LogP contribution in [0, 0.1) is 11.8 Å². The summed E-state index contributed by atoms with van der Waals surface area (Å²) in [5.74, 6) is -1.69. The maximum Gasteiger partial charge on any atom is 0.236 e. The van der Waals surface area contributed by atoms with Crippen LogP contribution < -0.4 is 9.64 Å². The molecule has 7 heteroatoms. The van der Waals surface area contributed by atoms with Gasteiger partial charge in [0.2, 0.25) is 11.8 Å². The van der Waals surface area contributed by atoms with Gasteiger partial charge in [-0.25, -0.2) is 0 Å². The Kier molecular flexibility index (Phi) is 4.90. The molecule has 0 aromatic heterocycles. The summed E-state index contributed by atoms with van der Waals surface area (Å²) in [5, 5.41) is 0.575. The van der Waals surface area contributed by atoms with Crippen molar-refractivity contribution in [1.82, 2.24) is 4.90 Å². The zero-order valence-corrected chi connectivity index (χ0v) is 18.2. The molecule has 0 bridgehead atoms. The fourth-order valence-corrected chi connectivity index (χ4v) is 5.34. The number of rotatable bonds is 5. The largest absolute Gasteiger partial charge is 0.497 e. The second-order valence-corrected chi connectivity index (χ2v) is 8.56. The molecule has 0 aliphatic carbocycles. The quantitative estimate of drug-likeness (QED) is 0.397. The summed E-state index contributed by atoms with van der Waals surface area (Å²) >= 11 is 6.19. The van der Waals surface area contributed by atoms with Crippen molar-refractivity contribution in [3.63, 3.8) is 0 Å². The van der Waals surface area contributed by atoms with Crippen LogP contribution in [0.15, 0.2) is 61.2 Å². The van der Waals surface area contributed by atoms with Gasteiger partial charge in [-0.3, -0.25) is 19.3 Å². The van der Waals surface area contributed by atoms with Gasteiger partial charge in [-0.05, 0) is 35.9 Å². The number of hydrogen-bond donors (Lipinski definition) is 0. The van der Waals surface area contributed by atoms with Crippen LogP contribution in [0.1, 0.15) is 15.9 Å². The summed E-state index contributed by atoms with van der Waals surface area (Å²) in [6.07, 6.45) is 5.34. The molecule has 4 atom stereocenters. The minimum atomic E-state index is -0.826. The van der Waals surface area contributed by atoms with Gasteiger partial charge >= 0.3 is 0 Å². The monoisotopic (exact) mass is 448 g/mol. The smallest absolute Gasteiger partial charge is 0.236 e.